The second-order valence-electron chi connectivity index (χ2n) is 6.36. The molecule has 0 saturated heterocycles. The van der Waals surface area contributed by atoms with Gasteiger partial charge in [0.15, 0.2) is 0 Å². The topological polar surface area (TPSA) is 159 Å². The van der Waals surface area contributed by atoms with Crippen LogP contribution < -0.4 is 5.32 Å². The fourth-order valence-electron chi connectivity index (χ4n) is 1.97. The number of nitrogens with zero attached hydrogens (tertiary/aromatic N) is 3. The molecule has 0 aliphatic rings. The number of nitrogens with one attached hydrogen (secondary N) is 1. The van der Waals surface area contributed by atoms with Gasteiger partial charge in [0.05, 0.1) is 5.92 Å². The third kappa shape index (κ3) is 16.2. The van der Waals surface area contributed by atoms with Gasteiger partial charge in [-0.15, -0.1) is 0 Å². The van der Waals surface area contributed by atoms with Crippen molar-refractivity contribution in [3.63, 3.8) is 0 Å². The monoisotopic (exact) mass is 430 g/mol. The summed E-state index contributed by atoms with van der Waals surface area (Å²) in [6.07, 6.45) is -0.799. The molecule has 0 rings (SSSR count). The Kier molecular flexibility index (Phi) is 17.9. The molecule has 1 amide bonds. The van der Waals surface area contributed by atoms with Crippen LogP contribution in [-0.4, -0.2) is 83.7 Å². The summed E-state index contributed by atoms with van der Waals surface area (Å²) in [5.41, 5.74) is 8.16. The molecule has 11 heteroatoms. The maximum atomic E-state index is 11.4. The zero-order chi connectivity index (χ0) is 23.5. The van der Waals surface area contributed by atoms with Gasteiger partial charge in [-0.3, -0.25) is 9.59 Å². The van der Waals surface area contributed by atoms with Crippen LogP contribution in [0.25, 0.3) is 5.53 Å². The van der Waals surface area contributed by atoms with Crippen LogP contribution in [-0.2, 0) is 23.9 Å². The number of Topliss-reactive ketones (excluding diaryl/α,β-unsaturated/α-hetero) is 1. The van der Waals surface area contributed by atoms with Gasteiger partial charge in [-0.1, -0.05) is 34.6 Å². The van der Waals surface area contributed by atoms with Crippen molar-refractivity contribution in [2.75, 3.05) is 32.8 Å². The van der Waals surface area contributed by atoms with Crippen molar-refractivity contribution in [3.8, 4) is 0 Å². The van der Waals surface area contributed by atoms with Gasteiger partial charge in [-0.2, -0.15) is 4.79 Å². The number of carboxylic acid groups (broad SMARTS) is 1. The number of hydrogen-bond acceptors (Lipinski definition) is 7. The zero-order valence-corrected chi connectivity index (χ0v) is 18.4. The Balaban J connectivity index is 0. The number of alkyl carbamates (subject to hydrolysis) is 1. The number of carboxylic acids is 1. The van der Waals surface area contributed by atoms with E-state index in [4.69, 9.17) is 15.4 Å². The van der Waals surface area contributed by atoms with Gasteiger partial charge in [-0.05, 0) is 26.1 Å². The Morgan fingerprint density at radius 1 is 1.07 bits per heavy atom. The van der Waals surface area contributed by atoms with E-state index in [1.165, 1.54) is 19.6 Å². The minimum Gasteiger partial charge on any atom is -0.480 e. The van der Waals surface area contributed by atoms with E-state index in [0.29, 0.717) is 6.21 Å². The van der Waals surface area contributed by atoms with E-state index in [1.54, 1.807) is 13.8 Å². The van der Waals surface area contributed by atoms with Gasteiger partial charge >= 0.3 is 24.2 Å². The summed E-state index contributed by atoms with van der Waals surface area (Å²) in [7, 11) is 0. The van der Waals surface area contributed by atoms with Gasteiger partial charge in [0, 0.05) is 6.42 Å². The average molecular weight is 431 g/mol. The summed E-state index contributed by atoms with van der Waals surface area (Å²) in [5, 5.41) is 11.0. The highest BCUT2D eigenvalue weighted by molar-refractivity contribution is 6.25. The van der Waals surface area contributed by atoms with Crippen LogP contribution >= 0.6 is 0 Å². The fraction of sp³-hybridized carbons (Fsp3) is 0.737. The SMILES string of the molecule is CC(C)C(=O)OCCOC(=O)NC(CCC(=O)C=[N+]=[N-])C(=O)O.CCN(CC)CC. The third-order valence-corrected chi connectivity index (χ3v) is 3.85. The molecule has 0 bridgehead atoms. The number of rotatable bonds is 13. The number of carbonyl (C=O) groups excluding carboxylic acids is 3. The molecular weight excluding hydrogens is 396 g/mol. The molecule has 0 aromatic heterocycles. The Bertz CT molecular complexity index is 580. The van der Waals surface area contributed by atoms with Crippen molar-refractivity contribution < 1.29 is 38.5 Å². The van der Waals surface area contributed by atoms with Crippen LogP contribution in [0.3, 0.4) is 0 Å². The van der Waals surface area contributed by atoms with Crippen LogP contribution in [0.4, 0.5) is 4.79 Å². The molecular formula is C19H34N4O7. The fourth-order valence-corrected chi connectivity index (χ4v) is 1.97. The van der Waals surface area contributed by atoms with Gasteiger partial charge in [-0.25, -0.2) is 9.59 Å². The van der Waals surface area contributed by atoms with Crippen molar-refractivity contribution in [3.05, 3.63) is 5.53 Å². The first-order valence-corrected chi connectivity index (χ1v) is 9.88. The Hall–Kier alpha value is -2.78. The maximum Gasteiger partial charge on any atom is 0.407 e. The van der Waals surface area contributed by atoms with E-state index < -0.39 is 29.9 Å². The van der Waals surface area contributed by atoms with E-state index in [-0.39, 0.29) is 32.0 Å². The first-order valence-electron chi connectivity index (χ1n) is 9.88. The van der Waals surface area contributed by atoms with Crippen LogP contribution in [0, 0.1) is 5.92 Å². The largest absolute Gasteiger partial charge is 0.480 e. The van der Waals surface area contributed by atoms with Crippen molar-refractivity contribution in [1.82, 2.24) is 10.2 Å². The molecule has 0 heterocycles. The predicted molar refractivity (Wildman–Crippen MR) is 109 cm³/mol. The Morgan fingerprint density at radius 3 is 2.00 bits per heavy atom. The third-order valence-electron chi connectivity index (χ3n) is 3.85. The van der Waals surface area contributed by atoms with Crippen LogP contribution in [0.5, 0.6) is 0 Å². The number of ketones is 1. The quantitative estimate of drug-likeness (QED) is 0.146. The van der Waals surface area contributed by atoms with E-state index >= 15 is 0 Å². The lowest BCUT2D eigenvalue weighted by molar-refractivity contribution is -0.148. The Morgan fingerprint density at radius 2 is 1.60 bits per heavy atom. The molecule has 0 fully saturated rings. The van der Waals surface area contributed by atoms with Crippen molar-refractivity contribution >= 4 is 30.0 Å². The molecule has 2 N–H and O–H groups in total. The summed E-state index contributed by atoms with van der Waals surface area (Å²) in [5.74, 6) is -2.68. The minimum atomic E-state index is -1.35. The predicted octanol–water partition coefficient (Wildman–Crippen LogP) is 1.36. The van der Waals surface area contributed by atoms with Crippen molar-refractivity contribution in [1.29, 1.82) is 0 Å². The number of carbonyl (C=O) groups is 4. The highest BCUT2D eigenvalue weighted by atomic mass is 16.6. The normalized spacial score (nSPS) is 10.9. The van der Waals surface area contributed by atoms with Crippen LogP contribution in [0.15, 0.2) is 0 Å². The molecule has 0 aromatic carbocycles. The Labute approximate surface area is 177 Å². The average Bonchev–Trinajstić information content (AvgIpc) is 2.70. The zero-order valence-electron chi connectivity index (χ0n) is 18.4. The summed E-state index contributed by atoms with van der Waals surface area (Å²) in [6, 6.07) is -1.34. The van der Waals surface area contributed by atoms with Crippen LogP contribution in [0.2, 0.25) is 0 Å². The molecule has 172 valence electrons. The lowest BCUT2D eigenvalue weighted by Gasteiger charge is -2.13. The standard InChI is InChI=1S/C13H19N3O7.C6H15N/c1-8(2)12(20)22-5-6-23-13(21)16-10(11(18)19)4-3-9(17)7-15-14;1-4-7(5-2)6-3/h7-8,10H,3-6H2,1-2H3,(H,16,21)(H,18,19);4-6H2,1-3H3. The molecule has 0 radical (unpaired) electrons. The van der Waals surface area contributed by atoms with E-state index in [2.05, 4.69) is 40.5 Å². The molecule has 30 heavy (non-hydrogen) atoms. The smallest absolute Gasteiger partial charge is 0.407 e. The number of aliphatic carboxylic acids is 1. The number of ether oxygens (including phenoxy) is 2. The van der Waals surface area contributed by atoms with Gasteiger partial charge in [0.2, 0.25) is 5.78 Å². The molecule has 0 aromatic rings. The molecule has 1 atom stereocenters. The highest BCUT2D eigenvalue weighted by Gasteiger charge is 2.22. The lowest BCUT2D eigenvalue weighted by Crippen LogP contribution is -2.41. The molecule has 11 nitrogen and oxygen atoms in total. The summed E-state index contributed by atoms with van der Waals surface area (Å²) in [4.78, 5) is 49.5. The van der Waals surface area contributed by atoms with Crippen LogP contribution in [0.1, 0.15) is 47.5 Å². The van der Waals surface area contributed by atoms with Gasteiger partial charge < -0.3 is 30.3 Å². The van der Waals surface area contributed by atoms with E-state index in [0.717, 1.165) is 0 Å². The minimum absolute atomic E-state index is 0.145. The molecule has 0 aliphatic heterocycles. The first-order chi connectivity index (χ1) is 14.1. The molecule has 0 spiro atoms. The van der Waals surface area contributed by atoms with E-state index in [1.807, 2.05) is 0 Å². The highest BCUT2D eigenvalue weighted by Crippen LogP contribution is 2.00. The summed E-state index contributed by atoms with van der Waals surface area (Å²) < 4.78 is 9.43. The lowest BCUT2D eigenvalue weighted by atomic mass is 10.1. The number of esters is 1. The second-order valence-corrected chi connectivity index (χ2v) is 6.36. The van der Waals surface area contributed by atoms with Crippen molar-refractivity contribution in [2.24, 2.45) is 5.92 Å². The molecule has 0 saturated carbocycles. The van der Waals surface area contributed by atoms with Gasteiger partial charge in [0.1, 0.15) is 19.3 Å². The number of hydrogen-bond donors (Lipinski definition) is 2. The molecule has 0 aliphatic carbocycles. The first kappa shape index (κ1) is 29.4. The molecule has 1 unspecified atom stereocenters. The van der Waals surface area contributed by atoms with Gasteiger partial charge in [0.25, 0.3) is 0 Å². The number of amides is 1. The van der Waals surface area contributed by atoms with E-state index in [9.17, 15) is 19.2 Å². The summed E-state index contributed by atoms with van der Waals surface area (Å²) in [6.45, 7) is 13.0. The van der Waals surface area contributed by atoms with Crippen molar-refractivity contribution in [2.45, 2.75) is 53.5 Å². The second kappa shape index (κ2) is 18.3. The summed E-state index contributed by atoms with van der Waals surface area (Å²) >= 11 is 0. The maximum absolute atomic E-state index is 11.4.